The summed E-state index contributed by atoms with van der Waals surface area (Å²) in [6.45, 7) is 0.584. The average molecular weight is 266 g/mol. The first-order chi connectivity index (χ1) is 8.69. The van der Waals surface area contributed by atoms with Gasteiger partial charge in [0.1, 0.15) is 17.3 Å². The molecule has 0 aromatic heterocycles. The minimum absolute atomic E-state index is 0.249. The van der Waals surface area contributed by atoms with Gasteiger partial charge in [-0.15, -0.1) is 0 Å². The van der Waals surface area contributed by atoms with E-state index in [1.165, 1.54) is 18.2 Å². The monoisotopic (exact) mass is 265 g/mol. The average Bonchev–Trinajstić information content (AvgIpc) is 2.34. The van der Waals surface area contributed by atoms with Crippen LogP contribution in [0.15, 0.2) is 42.5 Å². The molecule has 2 nitrogen and oxygen atoms in total. The molecule has 0 heterocycles. The van der Waals surface area contributed by atoms with Crippen molar-refractivity contribution in [1.29, 1.82) is 0 Å². The minimum atomic E-state index is -0.385. The third-order valence-corrected chi connectivity index (χ3v) is 2.75. The molecule has 0 aliphatic rings. The van der Waals surface area contributed by atoms with Crippen LogP contribution in [0.2, 0.25) is 5.02 Å². The zero-order valence-corrected chi connectivity index (χ0v) is 10.5. The number of ether oxygens (including phenoxy) is 1. The fraction of sp³-hybridized carbons (Fsp3) is 0.143. The molecule has 2 rings (SSSR count). The molecular weight excluding hydrogens is 253 g/mol. The number of benzene rings is 2. The summed E-state index contributed by atoms with van der Waals surface area (Å²) in [6, 6.07) is 11.6. The first-order valence-electron chi connectivity index (χ1n) is 5.61. The molecule has 4 heteroatoms. The highest BCUT2D eigenvalue weighted by molar-refractivity contribution is 6.32. The third kappa shape index (κ3) is 3.22. The minimum Gasteiger partial charge on any atom is -0.456 e. The van der Waals surface area contributed by atoms with Gasteiger partial charge in [0.25, 0.3) is 0 Å². The topological polar surface area (TPSA) is 35.2 Å². The van der Waals surface area contributed by atoms with Gasteiger partial charge in [-0.2, -0.15) is 0 Å². The summed E-state index contributed by atoms with van der Waals surface area (Å²) in [5.74, 6) is 0.710. The standard InChI is InChI=1S/C14H13ClFNO/c15-13-9-11(16)4-5-14(13)18-12-3-1-2-10(8-12)6-7-17/h1-5,8-9H,6-7,17H2. The molecule has 0 atom stereocenters. The number of rotatable bonds is 4. The van der Waals surface area contributed by atoms with Crippen molar-refractivity contribution in [3.63, 3.8) is 0 Å². The van der Waals surface area contributed by atoms with E-state index in [4.69, 9.17) is 22.1 Å². The number of hydrogen-bond acceptors (Lipinski definition) is 2. The largest absolute Gasteiger partial charge is 0.456 e. The summed E-state index contributed by atoms with van der Waals surface area (Å²) in [4.78, 5) is 0. The van der Waals surface area contributed by atoms with Gasteiger partial charge in [-0.05, 0) is 48.9 Å². The molecule has 0 saturated carbocycles. The molecule has 0 fully saturated rings. The van der Waals surface area contributed by atoms with Gasteiger partial charge >= 0.3 is 0 Å². The van der Waals surface area contributed by atoms with Gasteiger partial charge in [0, 0.05) is 0 Å². The van der Waals surface area contributed by atoms with Gasteiger partial charge in [0.2, 0.25) is 0 Å². The normalized spacial score (nSPS) is 10.4. The second-order valence-electron chi connectivity index (χ2n) is 3.86. The lowest BCUT2D eigenvalue weighted by Gasteiger charge is -2.08. The SMILES string of the molecule is NCCc1cccc(Oc2ccc(F)cc2Cl)c1. The van der Waals surface area contributed by atoms with E-state index >= 15 is 0 Å². The molecule has 0 aliphatic carbocycles. The Morgan fingerprint density at radius 1 is 1.17 bits per heavy atom. The smallest absolute Gasteiger partial charge is 0.146 e. The van der Waals surface area contributed by atoms with E-state index in [0.717, 1.165) is 12.0 Å². The summed E-state index contributed by atoms with van der Waals surface area (Å²) in [6.07, 6.45) is 0.786. The predicted molar refractivity (Wildman–Crippen MR) is 70.7 cm³/mol. The third-order valence-electron chi connectivity index (χ3n) is 2.45. The van der Waals surface area contributed by atoms with E-state index < -0.39 is 0 Å². The number of halogens is 2. The highest BCUT2D eigenvalue weighted by Gasteiger charge is 2.05. The number of nitrogens with two attached hydrogens (primary N) is 1. The van der Waals surface area contributed by atoms with Crippen LogP contribution >= 0.6 is 11.6 Å². The Balaban J connectivity index is 2.20. The fourth-order valence-corrected chi connectivity index (χ4v) is 1.82. The number of hydrogen-bond donors (Lipinski definition) is 1. The Labute approximate surface area is 110 Å². The van der Waals surface area contributed by atoms with Crippen LogP contribution in [0.1, 0.15) is 5.56 Å². The van der Waals surface area contributed by atoms with Crippen molar-refractivity contribution in [2.75, 3.05) is 6.54 Å². The summed E-state index contributed by atoms with van der Waals surface area (Å²) in [5.41, 5.74) is 6.59. The van der Waals surface area contributed by atoms with Crippen molar-refractivity contribution >= 4 is 11.6 Å². The van der Waals surface area contributed by atoms with E-state index in [0.29, 0.717) is 18.0 Å². The molecule has 0 radical (unpaired) electrons. The molecule has 0 saturated heterocycles. The highest BCUT2D eigenvalue weighted by atomic mass is 35.5. The van der Waals surface area contributed by atoms with E-state index in [-0.39, 0.29) is 10.8 Å². The van der Waals surface area contributed by atoms with Gasteiger partial charge in [-0.25, -0.2) is 4.39 Å². The van der Waals surface area contributed by atoms with Crippen LogP contribution in [0.4, 0.5) is 4.39 Å². The zero-order valence-electron chi connectivity index (χ0n) is 9.70. The molecule has 0 aliphatic heterocycles. The summed E-state index contributed by atoms with van der Waals surface area (Å²) >= 11 is 5.90. The summed E-state index contributed by atoms with van der Waals surface area (Å²) in [5, 5.41) is 0.249. The van der Waals surface area contributed by atoms with Crippen LogP contribution in [-0.2, 0) is 6.42 Å². The first kappa shape index (κ1) is 12.9. The lowest BCUT2D eigenvalue weighted by atomic mass is 10.1. The van der Waals surface area contributed by atoms with Gasteiger partial charge < -0.3 is 10.5 Å². The van der Waals surface area contributed by atoms with Crippen molar-refractivity contribution in [3.05, 3.63) is 58.9 Å². The molecule has 0 bridgehead atoms. The molecule has 0 spiro atoms. The van der Waals surface area contributed by atoms with Crippen LogP contribution in [-0.4, -0.2) is 6.54 Å². The summed E-state index contributed by atoms with van der Waals surface area (Å²) < 4.78 is 18.5. The van der Waals surface area contributed by atoms with E-state index in [9.17, 15) is 4.39 Å². The van der Waals surface area contributed by atoms with Gasteiger partial charge in [-0.1, -0.05) is 23.7 Å². The quantitative estimate of drug-likeness (QED) is 0.913. The Hall–Kier alpha value is -1.58. The molecular formula is C14H13ClFNO. The molecule has 2 N–H and O–H groups in total. The lowest BCUT2D eigenvalue weighted by molar-refractivity contribution is 0.480. The van der Waals surface area contributed by atoms with E-state index in [1.54, 1.807) is 0 Å². The molecule has 2 aromatic rings. The summed E-state index contributed by atoms with van der Waals surface area (Å²) in [7, 11) is 0. The second kappa shape index (κ2) is 5.85. The van der Waals surface area contributed by atoms with Crippen molar-refractivity contribution in [2.24, 2.45) is 5.73 Å². The molecule has 18 heavy (non-hydrogen) atoms. The van der Waals surface area contributed by atoms with E-state index in [2.05, 4.69) is 0 Å². The lowest BCUT2D eigenvalue weighted by Crippen LogP contribution is -2.02. The molecule has 2 aromatic carbocycles. The van der Waals surface area contributed by atoms with Crippen LogP contribution < -0.4 is 10.5 Å². The molecule has 94 valence electrons. The molecule has 0 amide bonds. The van der Waals surface area contributed by atoms with Crippen molar-refractivity contribution in [1.82, 2.24) is 0 Å². The maximum Gasteiger partial charge on any atom is 0.146 e. The predicted octanol–water partition coefficient (Wildman–Crippen LogP) is 3.77. The Morgan fingerprint density at radius 3 is 2.72 bits per heavy atom. The van der Waals surface area contributed by atoms with Crippen LogP contribution in [0, 0.1) is 5.82 Å². The van der Waals surface area contributed by atoms with Crippen molar-refractivity contribution in [3.8, 4) is 11.5 Å². The maximum absolute atomic E-state index is 12.9. The fourth-order valence-electron chi connectivity index (χ4n) is 1.62. The van der Waals surface area contributed by atoms with Crippen molar-refractivity contribution in [2.45, 2.75) is 6.42 Å². The Kier molecular flexibility index (Phi) is 4.18. The zero-order chi connectivity index (χ0) is 13.0. The van der Waals surface area contributed by atoms with Gasteiger partial charge in [0.15, 0.2) is 0 Å². The highest BCUT2D eigenvalue weighted by Crippen LogP contribution is 2.30. The van der Waals surface area contributed by atoms with Gasteiger partial charge in [0.05, 0.1) is 5.02 Å². The second-order valence-corrected chi connectivity index (χ2v) is 4.27. The maximum atomic E-state index is 12.9. The molecule has 0 unspecified atom stereocenters. The Morgan fingerprint density at radius 2 is 2.00 bits per heavy atom. The van der Waals surface area contributed by atoms with Gasteiger partial charge in [-0.3, -0.25) is 0 Å². The Bertz CT molecular complexity index is 545. The van der Waals surface area contributed by atoms with E-state index in [1.807, 2.05) is 24.3 Å². The van der Waals surface area contributed by atoms with Crippen molar-refractivity contribution < 1.29 is 9.13 Å². The van der Waals surface area contributed by atoms with Crippen LogP contribution in [0.3, 0.4) is 0 Å². The first-order valence-corrected chi connectivity index (χ1v) is 5.99. The van der Waals surface area contributed by atoms with Crippen LogP contribution in [0.5, 0.6) is 11.5 Å². The van der Waals surface area contributed by atoms with Crippen LogP contribution in [0.25, 0.3) is 0 Å².